The summed E-state index contributed by atoms with van der Waals surface area (Å²) in [6.07, 6.45) is 6.66. The molecule has 3 heteroatoms. The van der Waals surface area contributed by atoms with Crippen molar-refractivity contribution in [2.45, 2.75) is 71.4 Å². The van der Waals surface area contributed by atoms with E-state index >= 15 is 0 Å². The Balaban J connectivity index is 2.06. The summed E-state index contributed by atoms with van der Waals surface area (Å²) in [6, 6.07) is 0.900. The molecule has 3 nitrogen and oxygen atoms in total. The van der Waals surface area contributed by atoms with Gasteiger partial charge in [-0.05, 0) is 51.4 Å². The first-order chi connectivity index (χ1) is 9.19. The molecule has 2 saturated heterocycles. The van der Waals surface area contributed by atoms with Gasteiger partial charge in [-0.25, -0.2) is 0 Å². The van der Waals surface area contributed by atoms with Crippen LogP contribution in [0.25, 0.3) is 0 Å². The van der Waals surface area contributed by atoms with E-state index in [-0.39, 0.29) is 5.92 Å². The van der Waals surface area contributed by atoms with Gasteiger partial charge in [0.2, 0.25) is 5.91 Å². The Kier molecular flexibility index (Phi) is 5.26. The predicted molar refractivity (Wildman–Crippen MR) is 76.9 cm³/mol. The van der Waals surface area contributed by atoms with E-state index in [1.165, 1.54) is 12.8 Å². The highest BCUT2D eigenvalue weighted by molar-refractivity contribution is 5.80. The summed E-state index contributed by atoms with van der Waals surface area (Å²) >= 11 is 0. The molecule has 110 valence electrons. The average molecular weight is 267 g/mol. The lowest BCUT2D eigenvalue weighted by Gasteiger charge is -2.36. The van der Waals surface area contributed by atoms with Gasteiger partial charge in [-0.2, -0.15) is 0 Å². The number of hydrogen-bond acceptors (Lipinski definition) is 2. The standard InChI is InChI=1S/C16H29NO2/c1-4-14-9-8-12(3)17(14)16(18)15(5-2)13-7-6-10-19-11-13/h12-15H,4-11H2,1-3H3/t12-,13?,14?,15?/m1/s1. The Morgan fingerprint density at radius 1 is 1.32 bits per heavy atom. The SMILES string of the molecule is CCC(C(=O)N1C(CC)CC[C@H]1C)C1CCCOC1. The molecule has 2 aliphatic heterocycles. The lowest BCUT2D eigenvalue weighted by atomic mass is 9.84. The normalized spacial score (nSPS) is 33.4. The number of hydrogen-bond donors (Lipinski definition) is 0. The van der Waals surface area contributed by atoms with Crippen LogP contribution in [0, 0.1) is 11.8 Å². The summed E-state index contributed by atoms with van der Waals surface area (Å²) in [5, 5.41) is 0. The lowest BCUT2D eigenvalue weighted by Crippen LogP contribution is -2.46. The van der Waals surface area contributed by atoms with Gasteiger partial charge in [0, 0.05) is 24.6 Å². The monoisotopic (exact) mass is 267 g/mol. The Morgan fingerprint density at radius 3 is 2.68 bits per heavy atom. The van der Waals surface area contributed by atoms with Crippen LogP contribution in [0.4, 0.5) is 0 Å². The highest BCUT2D eigenvalue weighted by atomic mass is 16.5. The molecule has 0 aliphatic carbocycles. The van der Waals surface area contributed by atoms with Crippen molar-refractivity contribution in [2.24, 2.45) is 11.8 Å². The minimum atomic E-state index is 0.176. The van der Waals surface area contributed by atoms with E-state index in [4.69, 9.17) is 4.74 Å². The zero-order chi connectivity index (χ0) is 13.8. The van der Waals surface area contributed by atoms with Crippen molar-refractivity contribution in [3.8, 4) is 0 Å². The van der Waals surface area contributed by atoms with Crippen LogP contribution < -0.4 is 0 Å². The van der Waals surface area contributed by atoms with Gasteiger partial charge in [0.15, 0.2) is 0 Å². The summed E-state index contributed by atoms with van der Waals surface area (Å²) in [6.45, 7) is 8.21. The zero-order valence-electron chi connectivity index (χ0n) is 12.7. The number of likely N-dealkylation sites (tertiary alicyclic amines) is 1. The largest absolute Gasteiger partial charge is 0.381 e. The zero-order valence-corrected chi connectivity index (χ0v) is 12.7. The number of nitrogens with zero attached hydrogens (tertiary/aromatic N) is 1. The predicted octanol–water partition coefficient (Wildman–Crippen LogP) is 3.23. The molecule has 0 saturated carbocycles. The van der Waals surface area contributed by atoms with Gasteiger partial charge in [-0.1, -0.05) is 13.8 Å². The molecule has 0 aromatic rings. The van der Waals surface area contributed by atoms with E-state index in [2.05, 4.69) is 25.7 Å². The fourth-order valence-corrected chi connectivity index (χ4v) is 3.85. The molecule has 2 fully saturated rings. The molecule has 19 heavy (non-hydrogen) atoms. The molecule has 2 heterocycles. The smallest absolute Gasteiger partial charge is 0.226 e. The van der Waals surface area contributed by atoms with Crippen molar-refractivity contribution < 1.29 is 9.53 Å². The molecular weight excluding hydrogens is 238 g/mol. The second-order valence-corrected chi connectivity index (χ2v) is 6.23. The third kappa shape index (κ3) is 3.13. The van der Waals surface area contributed by atoms with E-state index in [1.807, 2.05) is 0 Å². The molecule has 0 bridgehead atoms. The van der Waals surface area contributed by atoms with E-state index < -0.39 is 0 Å². The van der Waals surface area contributed by atoms with Crippen LogP contribution in [-0.4, -0.2) is 36.1 Å². The van der Waals surface area contributed by atoms with Gasteiger partial charge in [-0.3, -0.25) is 4.79 Å². The maximum atomic E-state index is 12.9. The van der Waals surface area contributed by atoms with Crippen LogP contribution >= 0.6 is 0 Å². The summed E-state index contributed by atoms with van der Waals surface area (Å²) in [5.41, 5.74) is 0. The summed E-state index contributed by atoms with van der Waals surface area (Å²) in [5.74, 6) is 1.02. The Morgan fingerprint density at radius 2 is 2.11 bits per heavy atom. The van der Waals surface area contributed by atoms with E-state index in [1.54, 1.807) is 0 Å². The number of carbonyl (C=O) groups is 1. The first-order valence-electron chi connectivity index (χ1n) is 8.08. The molecule has 0 N–H and O–H groups in total. The van der Waals surface area contributed by atoms with Crippen molar-refractivity contribution in [1.29, 1.82) is 0 Å². The van der Waals surface area contributed by atoms with Gasteiger partial charge in [-0.15, -0.1) is 0 Å². The maximum absolute atomic E-state index is 12.9. The summed E-state index contributed by atoms with van der Waals surface area (Å²) in [7, 11) is 0. The van der Waals surface area contributed by atoms with Crippen molar-refractivity contribution in [3.63, 3.8) is 0 Å². The maximum Gasteiger partial charge on any atom is 0.226 e. The van der Waals surface area contributed by atoms with Crippen molar-refractivity contribution >= 4 is 5.91 Å². The van der Waals surface area contributed by atoms with Crippen molar-refractivity contribution in [2.75, 3.05) is 13.2 Å². The molecule has 0 aromatic carbocycles. The van der Waals surface area contributed by atoms with Crippen LogP contribution in [0.15, 0.2) is 0 Å². The van der Waals surface area contributed by atoms with E-state index in [9.17, 15) is 4.79 Å². The number of ether oxygens (including phenoxy) is 1. The van der Waals surface area contributed by atoms with Crippen LogP contribution in [0.1, 0.15) is 59.3 Å². The fourth-order valence-electron chi connectivity index (χ4n) is 3.85. The van der Waals surface area contributed by atoms with Gasteiger partial charge >= 0.3 is 0 Å². The Bertz CT molecular complexity index is 299. The first-order valence-corrected chi connectivity index (χ1v) is 8.08. The number of amides is 1. The van der Waals surface area contributed by atoms with Crippen molar-refractivity contribution in [3.05, 3.63) is 0 Å². The summed E-state index contributed by atoms with van der Waals surface area (Å²) < 4.78 is 5.59. The quantitative estimate of drug-likeness (QED) is 0.782. The minimum Gasteiger partial charge on any atom is -0.381 e. The van der Waals surface area contributed by atoms with Gasteiger partial charge < -0.3 is 9.64 Å². The molecular formula is C16H29NO2. The second kappa shape index (κ2) is 6.74. The third-order valence-corrected chi connectivity index (χ3v) is 5.03. The Labute approximate surface area is 117 Å². The molecule has 3 unspecified atom stereocenters. The molecule has 0 spiro atoms. The highest BCUT2D eigenvalue weighted by Gasteiger charge is 2.38. The van der Waals surface area contributed by atoms with Crippen LogP contribution in [0.3, 0.4) is 0 Å². The molecule has 0 radical (unpaired) electrons. The molecule has 0 aromatic heterocycles. The molecule has 2 aliphatic rings. The highest BCUT2D eigenvalue weighted by Crippen LogP contribution is 2.32. The van der Waals surface area contributed by atoms with Crippen molar-refractivity contribution in [1.82, 2.24) is 4.90 Å². The molecule has 4 atom stereocenters. The van der Waals surface area contributed by atoms with Crippen LogP contribution in [-0.2, 0) is 9.53 Å². The van der Waals surface area contributed by atoms with Gasteiger partial charge in [0.05, 0.1) is 6.61 Å². The number of rotatable bonds is 4. The third-order valence-electron chi connectivity index (χ3n) is 5.03. The van der Waals surface area contributed by atoms with Crippen LogP contribution in [0.5, 0.6) is 0 Å². The molecule has 2 rings (SSSR count). The average Bonchev–Trinajstić information content (AvgIpc) is 2.81. The second-order valence-electron chi connectivity index (χ2n) is 6.23. The number of carbonyl (C=O) groups excluding carboxylic acids is 1. The lowest BCUT2D eigenvalue weighted by molar-refractivity contribution is -0.142. The topological polar surface area (TPSA) is 29.5 Å². The van der Waals surface area contributed by atoms with Gasteiger partial charge in [0.25, 0.3) is 0 Å². The van der Waals surface area contributed by atoms with E-state index in [0.717, 1.165) is 38.9 Å². The fraction of sp³-hybridized carbons (Fsp3) is 0.938. The first kappa shape index (κ1) is 14.8. The minimum absolute atomic E-state index is 0.176. The molecule has 1 amide bonds. The van der Waals surface area contributed by atoms with E-state index in [0.29, 0.717) is 23.9 Å². The summed E-state index contributed by atoms with van der Waals surface area (Å²) in [4.78, 5) is 15.1. The Hall–Kier alpha value is -0.570. The van der Waals surface area contributed by atoms with Crippen LogP contribution in [0.2, 0.25) is 0 Å². The van der Waals surface area contributed by atoms with Gasteiger partial charge in [0.1, 0.15) is 0 Å².